The SMILES string of the molecule is CC(=O)O[C@](C)(C[C@@H](C)[C@H]1C(=O)[C@H](O)[C@@]2(C)[C@@H]3CC[C@@H]4C(C)(C)[C@@H](O[C@H]5OC[C@@H](O)[C@H](O[C@@H]6O[C@H](CO)[C@@H](O)[C@H](O)[C@H]6O)[C@H]5O)CC[C@@]45C[C@@]35CC[C@]12C)[C@@]1(C)OC1(C)C. The Labute approximate surface area is 353 Å². The Morgan fingerprint density at radius 1 is 0.850 bits per heavy atom. The molecule has 0 radical (unpaired) electrons. The van der Waals surface area contributed by atoms with Crippen molar-refractivity contribution in [2.45, 2.75) is 205 Å². The Hall–Kier alpha value is -1.34. The van der Waals surface area contributed by atoms with Gasteiger partial charge in [0.2, 0.25) is 0 Å². The molecule has 0 aromatic carbocycles. The molecule has 342 valence electrons. The van der Waals surface area contributed by atoms with Crippen LogP contribution in [0.5, 0.6) is 0 Å². The number of Topliss-reactive ketones (excluding diaryl/α,β-unsaturated/α-hetero) is 1. The van der Waals surface area contributed by atoms with Crippen LogP contribution in [0.3, 0.4) is 0 Å². The van der Waals surface area contributed by atoms with E-state index in [-0.39, 0.29) is 52.5 Å². The molecule has 15 heteroatoms. The van der Waals surface area contributed by atoms with Gasteiger partial charge in [-0.2, -0.15) is 0 Å². The largest absolute Gasteiger partial charge is 0.456 e. The van der Waals surface area contributed by atoms with Crippen molar-refractivity contribution < 1.29 is 73.8 Å². The molecule has 5 aliphatic carbocycles. The predicted molar refractivity (Wildman–Crippen MR) is 211 cm³/mol. The molecule has 0 aromatic rings. The third-order valence-electron chi connectivity index (χ3n) is 19.1. The van der Waals surface area contributed by atoms with Gasteiger partial charge in [0, 0.05) is 18.3 Å². The van der Waals surface area contributed by atoms with Crippen LogP contribution in [0.15, 0.2) is 0 Å². The Morgan fingerprint density at radius 2 is 1.48 bits per heavy atom. The van der Waals surface area contributed by atoms with Gasteiger partial charge in [0.05, 0.1) is 24.9 Å². The fourth-order valence-corrected chi connectivity index (χ4v) is 15.6. The molecule has 15 nitrogen and oxygen atoms in total. The summed E-state index contributed by atoms with van der Waals surface area (Å²) in [6, 6.07) is 0. The molecule has 8 aliphatic rings. The van der Waals surface area contributed by atoms with E-state index >= 15 is 0 Å². The first-order valence-electron chi connectivity index (χ1n) is 22.4. The van der Waals surface area contributed by atoms with Crippen LogP contribution < -0.4 is 0 Å². The fourth-order valence-electron chi connectivity index (χ4n) is 15.6. The molecule has 0 aromatic heterocycles. The lowest BCUT2D eigenvalue weighted by atomic mass is 9.41. The van der Waals surface area contributed by atoms with Crippen LogP contribution in [0.4, 0.5) is 0 Å². The normalized spacial score (nSPS) is 54.0. The first kappa shape index (κ1) is 45.2. The summed E-state index contributed by atoms with van der Waals surface area (Å²) in [6.45, 7) is 19.3. The number of hydrogen-bond acceptors (Lipinski definition) is 15. The number of carbonyl (C=O) groups excluding carboxylic acids is 2. The fraction of sp³-hybridized carbons (Fsp3) is 0.956. The predicted octanol–water partition coefficient (Wildman–Crippen LogP) is 2.14. The van der Waals surface area contributed by atoms with Crippen molar-refractivity contribution in [3.05, 3.63) is 0 Å². The first-order chi connectivity index (χ1) is 27.7. The van der Waals surface area contributed by atoms with E-state index in [1.807, 2.05) is 27.7 Å². The quantitative estimate of drug-likeness (QED) is 0.0948. The van der Waals surface area contributed by atoms with Gasteiger partial charge in [-0.25, -0.2) is 0 Å². The molecule has 3 aliphatic heterocycles. The van der Waals surface area contributed by atoms with Crippen molar-refractivity contribution >= 4 is 11.8 Å². The Bertz CT molecular complexity index is 1710. The lowest BCUT2D eigenvalue weighted by molar-refractivity contribution is -0.356. The number of fused-ring (bicyclic) bond motifs is 2. The van der Waals surface area contributed by atoms with E-state index in [9.17, 15) is 45.3 Å². The van der Waals surface area contributed by atoms with Gasteiger partial charge in [-0.15, -0.1) is 0 Å². The summed E-state index contributed by atoms with van der Waals surface area (Å²) in [5.41, 5.74) is -3.71. The van der Waals surface area contributed by atoms with Gasteiger partial charge in [-0.1, -0.05) is 34.6 Å². The molecule has 2 spiro atoms. The second-order valence-corrected chi connectivity index (χ2v) is 22.3. The number of rotatable bonds is 10. The maximum Gasteiger partial charge on any atom is 0.303 e. The zero-order valence-electron chi connectivity index (χ0n) is 37.1. The van der Waals surface area contributed by atoms with Crippen LogP contribution in [-0.4, -0.2) is 145 Å². The highest BCUT2D eigenvalue weighted by atomic mass is 16.7. The minimum Gasteiger partial charge on any atom is -0.456 e. The summed E-state index contributed by atoms with van der Waals surface area (Å²) >= 11 is 0. The third-order valence-corrected chi connectivity index (χ3v) is 19.1. The van der Waals surface area contributed by atoms with Crippen molar-refractivity contribution in [2.24, 2.45) is 50.7 Å². The minimum atomic E-state index is -1.71. The number of esters is 1. The van der Waals surface area contributed by atoms with Gasteiger partial charge in [-0.05, 0) is 118 Å². The van der Waals surface area contributed by atoms with Crippen LogP contribution in [0.2, 0.25) is 0 Å². The first-order valence-corrected chi connectivity index (χ1v) is 22.4. The highest BCUT2D eigenvalue weighted by molar-refractivity contribution is 5.90. The molecule has 60 heavy (non-hydrogen) atoms. The van der Waals surface area contributed by atoms with Gasteiger partial charge in [0.1, 0.15) is 60.0 Å². The van der Waals surface area contributed by atoms with Crippen molar-refractivity contribution in [3.8, 4) is 0 Å². The second-order valence-electron chi connectivity index (χ2n) is 22.3. The van der Waals surface area contributed by atoms with Crippen LogP contribution >= 0.6 is 0 Å². The molecule has 0 unspecified atom stereocenters. The number of hydrogen-bond donors (Lipinski definition) is 7. The standard InChI is InChI=1S/C45H72O15/c1-21(17-41(8,59-22(2)47)43(10)39(5,6)60-43)28-30(50)35(54)42(9)26-12-11-25-38(3,4)27(13-14-44(25)20-45(26,44)16-15-40(28,42)7)57-36-33(53)34(23(48)19-55-36)58-37-32(52)31(51)29(49)24(18-46)56-37/h21,23-29,31-37,46,48-49,51-54H,11-20H2,1-10H3/t21-,23-,24-,25-,26+,27+,28+,29-,31+,32-,33-,34+,35+,36-,37+,40-,41-,42-,43+,44-,45+/m1/s1. The number of aliphatic hydroxyl groups is 7. The van der Waals surface area contributed by atoms with Crippen molar-refractivity contribution in [1.82, 2.24) is 0 Å². The average Bonchev–Trinajstić information content (AvgIpc) is 3.98. The number of aliphatic hydroxyl groups excluding tert-OH is 7. The van der Waals surface area contributed by atoms with E-state index in [0.29, 0.717) is 12.8 Å². The summed E-state index contributed by atoms with van der Waals surface area (Å²) in [5, 5.41) is 75.3. The number of ketones is 1. The minimum absolute atomic E-state index is 0.00442. The number of epoxide rings is 1. The zero-order valence-corrected chi connectivity index (χ0v) is 37.1. The third kappa shape index (κ3) is 5.96. The lowest BCUT2D eigenvalue weighted by Crippen LogP contribution is -2.63. The summed E-state index contributed by atoms with van der Waals surface area (Å²) in [4.78, 5) is 27.1. The van der Waals surface area contributed by atoms with E-state index in [2.05, 4.69) is 34.6 Å². The molecule has 0 bridgehead atoms. The zero-order chi connectivity index (χ0) is 44.1. The van der Waals surface area contributed by atoms with Gasteiger partial charge in [0.25, 0.3) is 0 Å². The summed E-state index contributed by atoms with van der Waals surface area (Å²) < 4.78 is 36.1. The highest BCUT2D eigenvalue weighted by Gasteiger charge is 2.85. The molecular formula is C45H72O15. The van der Waals surface area contributed by atoms with Crippen molar-refractivity contribution in [3.63, 3.8) is 0 Å². The topological polar surface area (TPSA) is 234 Å². The maximum atomic E-state index is 14.6. The molecule has 3 heterocycles. The molecule has 0 amide bonds. The van der Waals surface area contributed by atoms with E-state index in [0.717, 1.165) is 38.5 Å². The van der Waals surface area contributed by atoms with Crippen LogP contribution in [0.25, 0.3) is 0 Å². The van der Waals surface area contributed by atoms with Crippen LogP contribution in [0.1, 0.15) is 121 Å². The van der Waals surface area contributed by atoms with Crippen LogP contribution in [0, 0.1) is 50.7 Å². The van der Waals surface area contributed by atoms with E-state index in [4.69, 9.17) is 28.4 Å². The molecule has 21 atom stereocenters. The smallest absolute Gasteiger partial charge is 0.303 e. The summed E-state index contributed by atoms with van der Waals surface area (Å²) in [7, 11) is 0. The van der Waals surface area contributed by atoms with Gasteiger partial charge in [0.15, 0.2) is 18.4 Å². The second kappa shape index (κ2) is 14.3. The molecule has 7 N–H and O–H groups in total. The van der Waals surface area contributed by atoms with Crippen molar-refractivity contribution in [2.75, 3.05) is 13.2 Å². The molecule has 8 fully saturated rings. The van der Waals surface area contributed by atoms with Crippen LogP contribution in [-0.2, 0) is 38.0 Å². The average molecular weight is 853 g/mol. The van der Waals surface area contributed by atoms with Gasteiger partial charge in [-0.3, -0.25) is 9.59 Å². The molecule has 3 saturated heterocycles. The van der Waals surface area contributed by atoms with E-state index in [1.165, 1.54) is 6.92 Å². The molecular weight excluding hydrogens is 780 g/mol. The monoisotopic (exact) mass is 852 g/mol. The highest BCUT2D eigenvalue weighted by Crippen LogP contribution is 2.89. The Kier molecular flexibility index (Phi) is 10.8. The number of carbonyl (C=O) groups is 2. The number of ether oxygens (including phenoxy) is 6. The van der Waals surface area contributed by atoms with E-state index < -0.39 is 108 Å². The van der Waals surface area contributed by atoms with Crippen molar-refractivity contribution in [1.29, 1.82) is 0 Å². The van der Waals surface area contributed by atoms with Gasteiger partial charge >= 0.3 is 5.97 Å². The lowest BCUT2D eigenvalue weighted by Gasteiger charge is -2.63. The molecule has 5 saturated carbocycles. The Morgan fingerprint density at radius 3 is 2.10 bits per heavy atom. The van der Waals surface area contributed by atoms with E-state index in [1.54, 1.807) is 0 Å². The van der Waals surface area contributed by atoms with Gasteiger partial charge < -0.3 is 64.2 Å². The molecule has 8 rings (SSSR count). The Balaban J connectivity index is 0.983. The maximum absolute atomic E-state index is 14.6. The summed E-state index contributed by atoms with van der Waals surface area (Å²) in [6.07, 6.45) is -8.00. The summed E-state index contributed by atoms with van der Waals surface area (Å²) in [5.74, 6) is -0.705.